The molecule has 14 heteroatoms. The number of anilines is 2. The number of methoxy groups -OCH3 is 1. The Hall–Kier alpha value is -3.97. The van der Waals surface area contributed by atoms with Gasteiger partial charge in [-0.1, -0.05) is 41.9 Å². The van der Waals surface area contributed by atoms with Gasteiger partial charge in [0.1, 0.15) is 5.75 Å². The third-order valence-corrected chi connectivity index (χ3v) is 6.50. The van der Waals surface area contributed by atoms with Crippen molar-refractivity contribution in [2.45, 2.75) is 17.6 Å². The van der Waals surface area contributed by atoms with Crippen LogP contribution in [0.4, 0.5) is 24.5 Å². The highest BCUT2D eigenvalue weighted by atomic mass is 35.5. The van der Waals surface area contributed by atoms with Crippen LogP contribution in [0.5, 0.6) is 5.75 Å². The number of aromatic carboxylic acids is 1. The zero-order valence-electron chi connectivity index (χ0n) is 19.9. The molecule has 3 rings (SSSR count). The van der Waals surface area contributed by atoms with Gasteiger partial charge in [-0.15, -0.1) is 0 Å². The highest BCUT2D eigenvalue weighted by Crippen LogP contribution is 2.32. The second-order valence-corrected chi connectivity index (χ2v) is 9.67. The van der Waals surface area contributed by atoms with Gasteiger partial charge in [0.05, 0.1) is 34.0 Å². The van der Waals surface area contributed by atoms with Gasteiger partial charge in [0.2, 0.25) is 0 Å². The second-order valence-electron chi connectivity index (χ2n) is 7.58. The maximum atomic E-state index is 13.0. The molecule has 0 aliphatic carbocycles. The van der Waals surface area contributed by atoms with E-state index in [1.54, 1.807) is 13.1 Å². The van der Waals surface area contributed by atoms with E-state index in [9.17, 15) is 31.5 Å². The minimum absolute atomic E-state index is 0.0395. The summed E-state index contributed by atoms with van der Waals surface area (Å²) in [6, 6.07) is 18.0. The zero-order chi connectivity index (χ0) is 28.7. The molecule has 0 saturated heterocycles. The standard InChI is InChI=1S/C22H21ClN2O5S.C2HF3O2/c1-25(14-15-6-4-3-5-7-15)20-10-8-16(22(26)27)12-19(20)24-31(28,29)17-9-11-21(30-2)18(23)13-17;3-2(4,5)1(6)7/h3-13,24H,14H2,1-2H3,(H,26,27);(H,6,7). The predicted molar refractivity (Wildman–Crippen MR) is 134 cm³/mol. The van der Waals surface area contributed by atoms with E-state index in [-0.39, 0.29) is 21.2 Å². The van der Waals surface area contributed by atoms with Crippen LogP contribution in [0.2, 0.25) is 5.02 Å². The number of ether oxygens (including phenoxy) is 1. The summed E-state index contributed by atoms with van der Waals surface area (Å²) in [5.41, 5.74) is 1.65. The van der Waals surface area contributed by atoms with Crippen molar-refractivity contribution >= 4 is 44.9 Å². The minimum atomic E-state index is -5.08. The maximum Gasteiger partial charge on any atom is 0.490 e. The third-order valence-electron chi connectivity index (χ3n) is 4.84. The molecular formula is C24H22ClF3N2O7S. The quantitative estimate of drug-likeness (QED) is 0.338. The molecule has 0 aliphatic rings. The monoisotopic (exact) mass is 574 g/mol. The predicted octanol–water partition coefficient (Wildman–Crippen LogP) is 5.12. The maximum absolute atomic E-state index is 13.0. The van der Waals surface area contributed by atoms with Gasteiger partial charge in [-0.2, -0.15) is 13.2 Å². The molecule has 0 amide bonds. The molecule has 0 unspecified atom stereocenters. The van der Waals surface area contributed by atoms with Gasteiger partial charge in [0.15, 0.2) is 0 Å². The Balaban J connectivity index is 0.000000638. The molecule has 0 bridgehead atoms. The summed E-state index contributed by atoms with van der Waals surface area (Å²) >= 11 is 6.07. The number of nitrogens with zero attached hydrogens (tertiary/aromatic N) is 1. The lowest BCUT2D eigenvalue weighted by Gasteiger charge is -2.23. The van der Waals surface area contributed by atoms with Crippen LogP contribution in [-0.2, 0) is 21.4 Å². The SMILES string of the molecule is COc1ccc(S(=O)(=O)Nc2cc(C(=O)O)ccc2N(C)Cc2ccccc2)cc1Cl.O=C(O)C(F)(F)F. The molecule has 0 heterocycles. The lowest BCUT2D eigenvalue weighted by Crippen LogP contribution is -2.21. The van der Waals surface area contributed by atoms with Crippen molar-refractivity contribution in [3.63, 3.8) is 0 Å². The summed E-state index contributed by atoms with van der Waals surface area (Å²) in [7, 11) is -0.815. The smallest absolute Gasteiger partial charge is 0.490 e. The summed E-state index contributed by atoms with van der Waals surface area (Å²) in [4.78, 5) is 22.1. The van der Waals surface area contributed by atoms with Gasteiger partial charge >= 0.3 is 18.1 Å². The molecule has 0 fully saturated rings. The van der Waals surface area contributed by atoms with Gasteiger partial charge in [0, 0.05) is 13.6 Å². The molecule has 0 saturated carbocycles. The fraction of sp³-hybridized carbons (Fsp3) is 0.167. The summed E-state index contributed by atoms with van der Waals surface area (Å²) in [6.07, 6.45) is -5.08. The second kappa shape index (κ2) is 12.5. The van der Waals surface area contributed by atoms with E-state index < -0.39 is 28.1 Å². The van der Waals surface area contributed by atoms with Crippen molar-refractivity contribution in [2.75, 3.05) is 23.8 Å². The molecule has 0 aliphatic heterocycles. The summed E-state index contributed by atoms with van der Waals surface area (Å²) in [5, 5.41) is 16.6. The van der Waals surface area contributed by atoms with Crippen molar-refractivity contribution in [1.82, 2.24) is 0 Å². The number of hydrogen-bond donors (Lipinski definition) is 3. The van der Waals surface area contributed by atoms with Crippen molar-refractivity contribution < 1.29 is 46.1 Å². The van der Waals surface area contributed by atoms with Crippen LogP contribution in [-0.4, -0.2) is 50.9 Å². The fourth-order valence-electron chi connectivity index (χ4n) is 3.04. The Morgan fingerprint density at radius 1 is 1.03 bits per heavy atom. The van der Waals surface area contributed by atoms with E-state index >= 15 is 0 Å². The van der Waals surface area contributed by atoms with E-state index in [0.29, 0.717) is 18.0 Å². The highest BCUT2D eigenvalue weighted by Gasteiger charge is 2.38. The lowest BCUT2D eigenvalue weighted by atomic mass is 10.1. The Morgan fingerprint density at radius 3 is 2.13 bits per heavy atom. The van der Waals surface area contributed by atoms with Crippen molar-refractivity contribution in [1.29, 1.82) is 0 Å². The molecule has 0 spiro atoms. The van der Waals surface area contributed by atoms with Crippen molar-refractivity contribution in [2.24, 2.45) is 0 Å². The topological polar surface area (TPSA) is 133 Å². The molecule has 3 aromatic rings. The van der Waals surface area contributed by atoms with Gasteiger partial charge < -0.3 is 19.8 Å². The highest BCUT2D eigenvalue weighted by molar-refractivity contribution is 7.92. The Kier molecular flexibility index (Phi) is 9.97. The van der Waals surface area contributed by atoms with Crippen LogP contribution in [0.3, 0.4) is 0 Å². The lowest BCUT2D eigenvalue weighted by molar-refractivity contribution is -0.192. The summed E-state index contributed by atoms with van der Waals surface area (Å²) in [6.45, 7) is 0.496. The Bertz CT molecular complexity index is 1400. The number of hydrogen-bond acceptors (Lipinski definition) is 6. The van der Waals surface area contributed by atoms with Crippen LogP contribution in [0, 0.1) is 0 Å². The average Bonchev–Trinajstić information content (AvgIpc) is 2.84. The molecule has 0 atom stereocenters. The Morgan fingerprint density at radius 2 is 1.63 bits per heavy atom. The molecule has 38 heavy (non-hydrogen) atoms. The van der Waals surface area contributed by atoms with Gasteiger partial charge in [0.25, 0.3) is 10.0 Å². The zero-order valence-corrected chi connectivity index (χ0v) is 21.4. The fourth-order valence-corrected chi connectivity index (χ4v) is 4.46. The number of aliphatic carboxylic acids is 1. The van der Waals surface area contributed by atoms with E-state index in [2.05, 4.69) is 4.72 Å². The molecular weight excluding hydrogens is 553 g/mol. The first-order valence-electron chi connectivity index (χ1n) is 10.4. The van der Waals surface area contributed by atoms with Crippen LogP contribution < -0.4 is 14.4 Å². The normalized spacial score (nSPS) is 11.1. The van der Waals surface area contributed by atoms with E-state index in [4.69, 9.17) is 26.2 Å². The number of benzene rings is 3. The number of nitrogens with one attached hydrogen (secondary N) is 1. The first-order valence-corrected chi connectivity index (χ1v) is 12.3. The molecule has 204 valence electrons. The van der Waals surface area contributed by atoms with Crippen LogP contribution in [0.15, 0.2) is 71.6 Å². The number of alkyl halides is 3. The van der Waals surface area contributed by atoms with Gasteiger partial charge in [-0.3, -0.25) is 4.72 Å². The first kappa shape index (κ1) is 30.3. The molecule has 3 aromatic carbocycles. The number of rotatable bonds is 8. The van der Waals surface area contributed by atoms with Crippen molar-refractivity contribution in [3.8, 4) is 5.75 Å². The molecule has 9 nitrogen and oxygen atoms in total. The largest absolute Gasteiger partial charge is 0.495 e. The number of sulfonamides is 1. The minimum Gasteiger partial charge on any atom is -0.495 e. The van der Waals surface area contributed by atoms with Crippen LogP contribution in [0.25, 0.3) is 0 Å². The number of carboxylic acids is 2. The van der Waals surface area contributed by atoms with E-state index in [0.717, 1.165) is 5.56 Å². The van der Waals surface area contributed by atoms with E-state index in [1.165, 1.54) is 37.4 Å². The van der Waals surface area contributed by atoms with Crippen molar-refractivity contribution in [3.05, 3.63) is 82.9 Å². The number of carboxylic acid groups (broad SMARTS) is 2. The summed E-state index contributed by atoms with van der Waals surface area (Å²) in [5.74, 6) is -3.57. The van der Waals surface area contributed by atoms with Gasteiger partial charge in [-0.05, 0) is 42.0 Å². The van der Waals surface area contributed by atoms with Crippen LogP contribution in [0.1, 0.15) is 15.9 Å². The average molecular weight is 575 g/mol. The molecule has 0 aromatic heterocycles. The molecule has 3 N–H and O–H groups in total. The number of carbonyl (C=O) groups is 2. The third kappa shape index (κ3) is 8.28. The summed E-state index contributed by atoms with van der Waals surface area (Å²) < 4.78 is 65.3. The Labute approximate surface area is 221 Å². The van der Waals surface area contributed by atoms with Crippen LogP contribution >= 0.6 is 11.6 Å². The number of halogens is 4. The molecule has 0 radical (unpaired) electrons. The van der Waals surface area contributed by atoms with E-state index in [1.807, 2.05) is 35.2 Å². The van der Waals surface area contributed by atoms with Gasteiger partial charge in [-0.25, -0.2) is 18.0 Å². The first-order chi connectivity index (χ1) is 17.7.